The molecule has 0 aromatic heterocycles. The van der Waals surface area contributed by atoms with Crippen molar-refractivity contribution < 1.29 is 120 Å². The van der Waals surface area contributed by atoms with E-state index in [2.05, 4.69) is 21.9 Å². The number of hydrogen-bond donors (Lipinski definition) is 3. The quantitative estimate of drug-likeness (QED) is 0.0869. The van der Waals surface area contributed by atoms with Gasteiger partial charge in [-0.05, 0) is 37.1 Å². The number of rotatable bonds is 10. The zero-order valence-electron chi connectivity index (χ0n) is 19.4. The summed E-state index contributed by atoms with van der Waals surface area (Å²) in [5.41, 5.74) is 10.3. The van der Waals surface area contributed by atoms with Gasteiger partial charge >= 0.3 is 57.4 Å². The number of hydrogen-bond acceptors (Lipinski definition) is 8. The number of unbranched alkanes of at least 4 members (excludes halogenated alkanes) is 1. The molecule has 2 aromatic carbocycles. The molecule has 0 aliphatic rings. The van der Waals surface area contributed by atoms with E-state index < -0.39 is 29.9 Å². The van der Waals surface area contributed by atoms with E-state index in [0.29, 0.717) is 6.42 Å². The molecule has 186 valence electrons. The molecule has 1 atom stereocenters. The Bertz CT molecular complexity index is 977. The molecular weight excluding hydrogens is 509 g/mol. The van der Waals surface area contributed by atoms with Gasteiger partial charge in [-0.1, -0.05) is 30.8 Å². The van der Waals surface area contributed by atoms with Crippen LogP contribution in [0.5, 0.6) is 11.5 Å². The van der Waals surface area contributed by atoms with E-state index >= 15 is 0 Å². The average Bonchev–Trinajstić information content (AvgIpc) is 2.79. The maximum atomic E-state index is 11.8. The van der Waals surface area contributed by atoms with E-state index in [4.69, 9.17) is 4.74 Å². The van der Waals surface area contributed by atoms with Gasteiger partial charge in [0.25, 0.3) is 0 Å². The van der Waals surface area contributed by atoms with E-state index in [0.717, 1.165) is 25.9 Å². The van der Waals surface area contributed by atoms with Gasteiger partial charge in [0.05, 0.1) is 18.5 Å². The minimum atomic E-state index is -1.39. The Morgan fingerprint density at radius 2 is 1.31 bits per heavy atom. The van der Waals surface area contributed by atoms with E-state index in [1.807, 2.05) is 0 Å². The van der Waals surface area contributed by atoms with Crippen LogP contribution in [0.4, 0.5) is 0 Å². The molecule has 2 aromatic rings. The van der Waals surface area contributed by atoms with Crippen molar-refractivity contribution in [2.75, 3.05) is 6.54 Å². The predicted octanol–water partition coefficient (Wildman–Crippen LogP) is -9.65. The fraction of sp³-hybridized carbons (Fsp3) is 0.227. The second-order valence-corrected chi connectivity index (χ2v) is 6.66. The minimum Gasteiger partial charge on any atom is -1.00 e. The fourth-order valence-electron chi connectivity index (χ4n) is 2.48. The summed E-state index contributed by atoms with van der Waals surface area (Å²) in [4.78, 5) is 44.0. The molecule has 0 spiro atoms. The average molecular weight is 536 g/mol. The maximum Gasteiger partial charge on any atom is 1.00 e. The SMILES string of the molecule is [Cl-].[K+].[NH3+]CCCC[C@H]([NH3+])C(=O)Oc1ccccc1C(=O)[O-].[NH3+][CH-]C(=O)Oc1ccccc1C(=O)[O-]. The maximum absolute atomic E-state index is 11.8. The van der Waals surface area contributed by atoms with Crippen LogP contribution >= 0.6 is 0 Å². The summed E-state index contributed by atoms with van der Waals surface area (Å²) >= 11 is 0. The van der Waals surface area contributed by atoms with Gasteiger partial charge < -0.3 is 58.9 Å². The molecule has 35 heavy (non-hydrogen) atoms. The predicted molar refractivity (Wildman–Crippen MR) is 108 cm³/mol. The summed E-state index contributed by atoms with van der Waals surface area (Å²) in [6.07, 6.45) is 2.37. The summed E-state index contributed by atoms with van der Waals surface area (Å²) in [6, 6.07) is 11.1. The smallest absolute Gasteiger partial charge is 1.00 e. The molecule has 9 N–H and O–H groups in total. The van der Waals surface area contributed by atoms with Crippen molar-refractivity contribution in [1.82, 2.24) is 0 Å². The molecular formula is C22H27ClKN3O8. The summed E-state index contributed by atoms with van der Waals surface area (Å²) in [5.74, 6) is -4.05. The van der Waals surface area contributed by atoms with Crippen LogP contribution in [-0.2, 0) is 9.59 Å². The molecule has 11 nitrogen and oxygen atoms in total. The molecule has 0 saturated heterocycles. The Kier molecular flexibility index (Phi) is 19.3. The van der Waals surface area contributed by atoms with Gasteiger partial charge in [-0.25, -0.2) is 4.79 Å². The van der Waals surface area contributed by atoms with Gasteiger partial charge in [-0.3, -0.25) is 4.79 Å². The van der Waals surface area contributed by atoms with Gasteiger partial charge in [0.1, 0.15) is 11.5 Å². The first-order chi connectivity index (χ1) is 15.7. The number of esters is 2. The number of ether oxygens (including phenoxy) is 2. The van der Waals surface area contributed by atoms with Crippen LogP contribution in [0.15, 0.2) is 48.5 Å². The Balaban J connectivity index is 0. The second kappa shape index (κ2) is 19.2. The number of carboxylic acid groups (broad SMARTS) is 2. The van der Waals surface area contributed by atoms with Crippen molar-refractivity contribution >= 4 is 23.9 Å². The molecule has 0 amide bonds. The van der Waals surface area contributed by atoms with Gasteiger partial charge in [-0.2, -0.15) is 0 Å². The minimum absolute atomic E-state index is 0. The standard InChI is InChI=1S/C13H18N2O4.C9H9NO4.ClH.K/c14-8-4-3-6-10(15)13(18)19-11-7-2-1-5-9(11)12(16)17;10-5-8(11)14-7-4-2-1-3-6(7)9(12)13;;/h1-2,5,7,10H,3-4,6,8,14-15H2,(H,16,17);1-5H,10H3,(H,12,13);1H;/q;;;+1/p-1/t10-;;;/m0.../s1. The van der Waals surface area contributed by atoms with Crippen molar-refractivity contribution in [2.45, 2.75) is 25.3 Å². The topological polar surface area (TPSA) is 216 Å². The van der Waals surface area contributed by atoms with Crippen LogP contribution in [0.25, 0.3) is 0 Å². The Hall–Kier alpha value is -2.00. The number of carbonyl (C=O) groups excluding carboxylic acids is 4. The van der Waals surface area contributed by atoms with Crippen LogP contribution in [0, 0.1) is 6.54 Å². The van der Waals surface area contributed by atoms with Crippen molar-refractivity contribution in [3.05, 3.63) is 66.2 Å². The molecule has 0 unspecified atom stereocenters. The van der Waals surface area contributed by atoms with Crippen molar-refractivity contribution in [2.24, 2.45) is 0 Å². The fourth-order valence-corrected chi connectivity index (χ4v) is 2.48. The van der Waals surface area contributed by atoms with E-state index in [1.165, 1.54) is 30.3 Å². The molecule has 0 radical (unpaired) electrons. The molecule has 0 bridgehead atoms. The van der Waals surface area contributed by atoms with Crippen molar-refractivity contribution in [3.63, 3.8) is 0 Å². The first-order valence-corrected chi connectivity index (χ1v) is 10.00. The Labute approximate surface area is 251 Å². The monoisotopic (exact) mass is 535 g/mol. The summed E-state index contributed by atoms with van der Waals surface area (Å²) in [7, 11) is 0. The Morgan fingerprint density at radius 1 is 0.857 bits per heavy atom. The number of carbonyl (C=O) groups is 4. The largest absolute Gasteiger partial charge is 1.00 e. The normalized spacial score (nSPS) is 10.1. The van der Waals surface area contributed by atoms with Crippen LogP contribution in [0.2, 0.25) is 0 Å². The van der Waals surface area contributed by atoms with Gasteiger partial charge in [0, 0.05) is 17.5 Å². The van der Waals surface area contributed by atoms with Crippen molar-refractivity contribution in [1.29, 1.82) is 0 Å². The zero-order chi connectivity index (χ0) is 24.8. The number of quaternary nitrogens is 3. The van der Waals surface area contributed by atoms with Crippen LogP contribution in [0.3, 0.4) is 0 Å². The summed E-state index contributed by atoms with van der Waals surface area (Å²) < 4.78 is 9.74. The van der Waals surface area contributed by atoms with Crippen LogP contribution in [-0.4, -0.2) is 36.5 Å². The summed E-state index contributed by atoms with van der Waals surface area (Å²) in [5, 5.41) is 21.4. The van der Waals surface area contributed by atoms with Gasteiger partial charge in [0.2, 0.25) is 5.97 Å². The second-order valence-electron chi connectivity index (χ2n) is 6.66. The molecule has 13 heteroatoms. The van der Waals surface area contributed by atoms with Crippen LogP contribution in [0.1, 0.15) is 40.0 Å². The summed E-state index contributed by atoms with van der Waals surface area (Å²) in [6.45, 7) is 1.77. The Morgan fingerprint density at radius 3 is 1.74 bits per heavy atom. The first-order valence-electron chi connectivity index (χ1n) is 10.00. The first kappa shape index (κ1) is 35.2. The van der Waals surface area contributed by atoms with Gasteiger partial charge in [-0.15, -0.1) is 0 Å². The molecule has 0 fully saturated rings. The zero-order valence-corrected chi connectivity index (χ0v) is 23.2. The van der Waals surface area contributed by atoms with E-state index in [1.54, 1.807) is 18.2 Å². The molecule has 0 aliphatic carbocycles. The van der Waals surface area contributed by atoms with Crippen molar-refractivity contribution in [3.8, 4) is 11.5 Å². The van der Waals surface area contributed by atoms with Crippen LogP contribution < -0.4 is 101 Å². The van der Waals surface area contributed by atoms with E-state index in [-0.39, 0.29) is 86.4 Å². The number of benzene rings is 2. The number of para-hydroxylation sites is 2. The number of aromatic carboxylic acids is 2. The van der Waals surface area contributed by atoms with E-state index in [9.17, 15) is 29.4 Å². The molecule has 0 heterocycles. The number of halogens is 1. The third-order valence-corrected chi connectivity index (χ3v) is 4.19. The third-order valence-electron chi connectivity index (χ3n) is 4.19. The molecule has 0 saturated carbocycles. The molecule has 0 aliphatic heterocycles. The molecule has 2 rings (SSSR count). The van der Waals surface area contributed by atoms with Gasteiger partial charge in [0.15, 0.2) is 6.04 Å². The number of carboxylic acids is 2. The third kappa shape index (κ3) is 13.0.